The number of hydrogen-bond acceptors (Lipinski definition) is 5. The highest BCUT2D eigenvalue weighted by Crippen LogP contribution is 2.30. The van der Waals surface area contributed by atoms with Crippen LogP contribution >= 0.6 is 0 Å². The predicted octanol–water partition coefficient (Wildman–Crippen LogP) is 5.21. The van der Waals surface area contributed by atoms with Crippen LogP contribution in [0.3, 0.4) is 0 Å². The third-order valence-electron chi connectivity index (χ3n) is 5.82. The third kappa shape index (κ3) is 5.34. The largest absolute Gasteiger partial charge is 0.493 e. The van der Waals surface area contributed by atoms with E-state index in [9.17, 15) is 4.79 Å². The van der Waals surface area contributed by atoms with Crippen molar-refractivity contribution in [2.24, 2.45) is 0 Å². The van der Waals surface area contributed by atoms with Crippen molar-refractivity contribution in [2.75, 3.05) is 20.2 Å². The van der Waals surface area contributed by atoms with Crippen LogP contribution in [0, 0.1) is 13.8 Å². The highest BCUT2D eigenvalue weighted by molar-refractivity contribution is 5.92. The Morgan fingerprint density at radius 2 is 1.97 bits per heavy atom. The SMILES string of the molecule is COc1cc(/C=C/C(=O)N2CC=C(c3ccccc3)CC2)ccc1OCc1c(C)noc1C. The van der Waals surface area contributed by atoms with Crippen LogP contribution in [0.4, 0.5) is 0 Å². The van der Waals surface area contributed by atoms with Crippen molar-refractivity contribution in [3.63, 3.8) is 0 Å². The second kappa shape index (κ2) is 10.2. The third-order valence-corrected chi connectivity index (χ3v) is 5.82. The molecule has 4 rings (SSSR count). The highest BCUT2D eigenvalue weighted by atomic mass is 16.5. The first-order chi connectivity index (χ1) is 16.0. The fourth-order valence-corrected chi connectivity index (χ4v) is 3.82. The lowest BCUT2D eigenvalue weighted by atomic mass is 9.99. The van der Waals surface area contributed by atoms with Crippen LogP contribution in [-0.4, -0.2) is 36.2 Å². The van der Waals surface area contributed by atoms with Gasteiger partial charge >= 0.3 is 0 Å². The second-order valence-electron chi connectivity index (χ2n) is 7.96. The number of nitrogens with zero attached hydrogens (tertiary/aromatic N) is 2. The van der Waals surface area contributed by atoms with E-state index < -0.39 is 0 Å². The molecule has 1 aliphatic heterocycles. The Bertz CT molecular complexity index is 1160. The molecule has 0 spiro atoms. The topological polar surface area (TPSA) is 64.8 Å². The maximum absolute atomic E-state index is 12.7. The number of hydrogen-bond donors (Lipinski definition) is 0. The van der Waals surface area contributed by atoms with Gasteiger partial charge in [-0.2, -0.15) is 0 Å². The summed E-state index contributed by atoms with van der Waals surface area (Å²) in [5.41, 5.74) is 5.12. The number of carbonyl (C=O) groups excluding carboxylic acids is 1. The molecule has 33 heavy (non-hydrogen) atoms. The lowest BCUT2D eigenvalue weighted by molar-refractivity contribution is -0.125. The van der Waals surface area contributed by atoms with E-state index >= 15 is 0 Å². The van der Waals surface area contributed by atoms with Crippen molar-refractivity contribution in [1.82, 2.24) is 10.1 Å². The Morgan fingerprint density at radius 1 is 1.15 bits per heavy atom. The highest BCUT2D eigenvalue weighted by Gasteiger charge is 2.16. The molecule has 1 amide bonds. The summed E-state index contributed by atoms with van der Waals surface area (Å²) < 4.78 is 16.6. The number of rotatable bonds is 7. The molecule has 0 saturated heterocycles. The van der Waals surface area contributed by atoms with E-state index in [2.05, 4.69) is 23.4 Å². The summed E-state index contributed by atoms with van der Waals surface area (Å²) in [4.78, 5) is 14.5. The molecule has 3 aromatic rings. The van der Waals surface area contributed by atoms with Crippen LogP contribution in [0.25, 0.3) is 11.6 Å². The monoisotopic (exact) mass is 444 g/mol. The number of amides is 1. The Hall–Kier alpha value is -3.80. The number of methoxy groups -OCH3 is 1. The van der Waals surface area contributed by atoms with Crippen LogP contribution in [0.5, 0.6) is 11.5 Å². The number of carbonyl (C=O) groups is 1. The van der Waals surface area contributed by atoms with Gasteiger partial charge in [0.05, 0.1) is 18.4 Å². The molecular formula is C27H28N2O4. The molecule has 0 fully saturated rings. The number of ether oxygens (including phenoxy) is 2. The first-order valence-electron chi connectivity index (χ1n) is 11.0. The molecule has 0 bridgehead atoms. The summed E-state index contributed by atoms with van der Waals surface area (Å²) in [6.07, 6.45) is 6.41. The lowest BCUT2D eigenvalue weighted by Gasteiger charge is -2.25. The van der Waals surface area contributed by atoms with Gasteiger partial charge < -0.3 is 18.9 Å². The Labute approximate surface area is 194 Å². The molecule has 2 aromatic carbocycles. The Morgan fingerprint density at radius 3 is 2.64 bits per heavy atom. The number of aryl methyl sites for hydroxylation is 2. The minimum Gasteiger partial charge on any atom is -0.493 e. The normalized spacial score (nSPS) is 13.8. The van der Waals surface area contributed by atoms with Crippen molar-refractivity contribution in [1.29, 1.82) is 0 Å². The number of benzene rings is 2. The van der Waals surface area contributed by atoms with Gasteiger partial charge in [-0.1, -0.05) is 47.6 Å². The van der Waals surface area contributed by atoms with E-state index in [1.54, 1.807) is 19.3 Å². The summed E-state index contributed by atoms with van der Waals surface area (Å²) in [6.45, 7) is 5.42. The predicted molar refractivity (Wildman–Crippen MR) is 128 cm³/mol. The molecular weight excluding hydrogens is 416 g/mol. The standard InChI is InChI=1S/C27H28N2O4/c1-19-24(20(2)33-28-19)18-32-25-11-9-21(17-26(25)31-3)10-12-27(30)29-15-13-23(14-16-29)22-7-5-4-6-8-22/h4-13,17H,14-16,18H2,1-3H3/b12-10+. The van der Waals surface area contributed by atoms with Crippen LogP contribution in [0.2, 0.25) is 0 Å². The Kier molecular flexibility index (Phi) is 6.93. The van der Waals surface area contributed by atoms with Crippen LogP contribution in [0.1, 0.15) is 34.6 Å². The first-order valence-corrected chi connectivity index (χ1v) is 11.0. The van der Waals surface area contributed by atoms with E-state index in [1.807, 2.05) is 55.1 Å². The van der Waals surface area contributed by atoms with Crippen LogP contribution < -0.4 is 9.47 Å². The molecule has 0 N–H and O–H groups in total. The molecule has 1 aromatic heterocycles. The average Bonchev–Trinajstić information content (AvgIpc) is 3.18. The fourth-order valence-electron chi connectivity index (χ4n) is 3.82. The smallest absolute Gasteiger partial charge is 0.246 e. The quantitative estimate of drug-likeness (QED) is 0.468. The average molecular weight is 445 g/mol. The van der Waals surface area contributed by atoms with E-state index in [-0.39, 0.29) is 5.91 Å². The molecule has 0 radical (unpaired) electrons. The zero-order chi connectivity index (χ0) is 23.2. The van der Waals surface area contributed by atoms with Crippen molar-refractivity contribution < 1.29 is 18.8 Å². The fraction of sp³-hybridized carbons (Fsp3) is 0.259. The molecule has 1 aliphatic rings. The van der Waals surface area contributed by atoms with Gasteiger partial charge in [0.15, 0.2) is 11.5 Å². The van der Waals surface area contributed by atoms with Crippen LogP contribution in [0.15, 0.2) is 65.2 Å². The van der Waals surface area contributed by atoms with Crippen molar-refractivity contribution in [3.05, 3.63) is 88.8 Å². The molecule has 0 atom stereocenters. The lowest BCUT2D eigenvalue weighted by Crippen LogP contribution is -2.33. The van der Waals surface area contributed by atoms with E-state index in [1.165, 1.54) is 11.1 Å². The van der Waals surface area contributed by atoms with Gasteiger partial charge in [0.25, 0.3) is 0 Å². The van der Waals surface area contributed by atoms with E-state index in [4.69, 9.17) is 14.0 Å². The summed E-state index contributed by atoms with van der Waals surface area (Å²) >= 11 is 0. The van der Waals surface area contributed by atoms with Gasteiger partial charge in [-0.25, -0.2) is 0 Å². The zero-order valence-electron chi connectivity index (χ0n) is 19.2. The maximum atomic E-state index is 12.7. The van der Waals surface area contributed by atoms with Gasteiger partial charge in [0, 0.05) is 19.2 Å². The summed E-state index contributed by atoms with van der Waals surface area (Å²) in [6, 6.07) is 15.9. The van der Waals surface area contributed by atoms with Crippen LogP contribution in [-0.2, 0) is 11.4 Å². The van der Waals surface area contributed by atoms with Gasteiger partial charge in [0.2, 0.25) is 5.91 Å². The van der Waals surface area contributed by atoms with Gasteiger partial charge in [-0.3, -0.25) is 4.79 Å². The molecule has 0 saturated carbocycles. The number of aromatic nitrogens is 1. The molecule has 6 nitrogen and oxygen atoms in total. The maximum Gasteiger partial charge on any atom is 0.246 e. The van der Waals surface area contributed by atoms with Gasteiger partial charge in [-0.15, -0.1) is 0 Å². The van der Waals surface area contributed by atoms with Crippen molar-refractivity contribution in [2.45, 2.75) is 26.9 Å². The van der Waals surface area contributed by atoms with Gasteiger partial charge in [-0.05, 0) is 55.2 Å². The first kappa shape index (κ1) is 22.4. The molecule has 170 valence electrons. The van der Waals surface area contributed by atoms with Gasteiger partial charge in [0.1, 0.15) is 12.4 Å². The van der Waals surface area contributed by atoms with Crippen molar-refractivity contribution >= 4 is 17.6 Å². The molecule has 6 heteroatoms. The minimum absolute atomic E-state index is 0.00365. The zero-order valence-corrected chi connectivity index (χ0v) is 19.2. The second-order valence-corrected chi connectivity index (χ2v) is 7.96. The molecule has 0 unspecified atom stereocenters. The minimum atomic E-state index is -0.00365. The van der Waals surface area contributed by atoms with Crippen molar-refractivity contribution in [3.8, 4) is 11.5 Å². The summed E-state index contributed by atoms with van der Waals surface area (Å²) in [5, 5.41) is 3.95. The van der Waals surface area contributed by atoms with E-state index in [0.717, 1.165) is 29.0 Å². The van der Waals surface area contributed by atoms with E-state index in [0.29, 0.717) is 31.2 Å². The summed E-state index contributed by atoms with van der Waals surface area (Å²) in [5.74, 6) is 1.96. The molecule has 2 heterocycles. The summed E-state index contributed by atoms with van der Waals surface area (Å²) in [7, 11) is 1.60. The Balaban J connectivity index is 1.38. The molecule has 0 aliphatic carbocycles.